The summed E-state index contributed by atoms with van der Waals surface area (Å²) in [6.07, 6.45) is 0.850. The predicted molar refractivity (Wildman–Crippen MR) is 121 cm³/mol. The molecule has 0 aliphatic heterocycles. The van der Waals surface area contributed by atoms with Gasteiger partial charge in [-0.25, -0.2) is 14.4 Å². The highest BCUT2D eigenvalue weighted by molar-refractivity contribution is 6.15. The molecule has 178 valence electrons. The number of hydroxylamine groups is 1. The monoisotopic (exact) mass is 459 g/mol. The number of anilines is 1. The van der Waals surface area contributed by atoms with Crippen molar-refractivity contribution in [1.29, 1.82) is 0 Å². The van der Waals surface area contributed by atoms with Gasteiger partial charge in [0.1, 0.15) is 0 Å². The summed E-state index contributed by atoms with van der Waals surface area (Å²) >= 11 is 0. The highest BCUT2D eigenvalue weighted by Crippen LogP contribution is 2.39. The fourth-order valence-electron chi connectivity index (χ4n) is 3.16. The van der Waals surface area contributed by atoms with Gasteiger partial charge in [0.25, 0.3) is 5.91 Å². The summed E-state index contributed by atoms with van der Waals surface area (Å²) in [5.41, 5.74) is 9.66. The molecule has 33 heavy (non-hydrogen) atoms. The van der Waals surface area contributed by atoms with Crippen molar-refractivity contribution in [2.45, 2.75) is 40.0 Å². The number of rotatable bonds is 9. The van der Waals surface area contributed by atoms with Crippen LogP contribution in [0, 0.1) is 0 Å². The minimum atomic E-state index is -0.747. The molecule has 0 atom stereocenters. The van der Waals surface area contributed by atoms with Gasteiger partial charge in [-0.3, -0.25) is 4.79 Å². The summed E-state index contributed by atoms with van der Waals surface area (Å²) in [5, 5.41) is 2.51. The number of nitrogen functional groups attached to an aromatic ring is 1. The van der Waals surface area contributed by atoms with Crippen LogP contribution in [0.5, 0.6) is 0 Å². The van der Waals surface area contributed by atoms with Crippen LogP contribution in [0.15, 0.2) is 24.3 Å². The van der Waals surface area contributed by atoms with E-state index >= 15 is 0 Å². The van der Waals surface area contributed by atoms with Crippen molar-refractivity contribution in [2.24, 2.45) is 0 Å². The molecule has 0 saturated carbocycles. The van der Waals surface area contributed by atoms with E-state index < -0.39 is 23.9 Å². The fourth-order valence-corrected chi connectivity index (χ4v) is 3.16. The second-order valence-corrected chi connectivity index (χ2v) is 7.05. The smallest absolute Gasteiger partial charge is 0.431 e. The minimum absolute atomic E-state index is 0.0186. The molecule has 4 N–H and O–H groups in total. The number of nitrogens with two attached hydrogens (primary N) is 1. The van der Waals surface area contributed by atoms with Crippen LogP contribution in [-0.4, -0.2) is 43.7 Å². The molecule has 2 aliphatic rings. The largest absolute Gasteiger partial charge is 0.462 e. The fraction of sp³-hybridized carbons (Fsp3) is 0.391. The Morgan fingerprint density at radius 2 is 1.42 bits per heavy atom. The number of hydrogen-bond acceptors (Lipinski definition) is 8. The number of ether oxygens (including phenoxy) is 2. The number of hydrogen-bond donors (Lipinski definition) is 3. The third-order valence-corrected chi connectivity index (χ3v) is 4.68. The van der Waals surface area contributed by atoms with Crippen molar-refractivity contribution in [3.8, 4) is 11.1 Å². The number of esters is 2. The van der Waals surface area contributed by atoms with Crippen LogP contribution in [0.1, 0.15) is 59.9 Å². The molecule has 2 aliphatic carbocycles. The van der Waals surface area contributed by atoms with Crippen LogP contribution in [0.4, 0.5) is 10.5 Å². The Morgan fingerprint density at radius 1 is 0.879 bits per heavy atom. The normalized spacial score (nSPS) is 10.4. The minimum Gasteiger partial charge on any atom is -0.462 e. The number of carbonyl (C=O) groups excluding carboxylic acids is 4. The van der Waals surface area contributed by atoms with Crippen molar-refractivity contribution in [2.75, 3.05) is 25.5 Å². The summed E-state index contributed by atoms with van der Waals surface area (Å²) in [7, 11) is 0. The SMILES string of the molecule is CCCCNC(=O)ONC(=O)Cc1ccc2c(C(=O)OCC)c(N)c(C(=O)OCC)c-2cc1. The highest BCUT2D eigenvalue weighted by atomic mass is 16.7. The maximum absolute atomic E-state index is 12.5. The second kappa shape index (κ2) is 12.3. The van der Waals surface area contributed by atoms with Crippen molar-refractivity contribution in [3.05, 3.63) is 41.0 Å². The number of fused-ring (bicyclic) bond motifs is 1. The first-order valence-corrected chi connectivity index (χ1v) is 10.8. The Morgan fingerprint density at radius 3 is 1.91 bits per heavy atom. The molecular weight excluding hydrogens is 430 g/mol. The van der Waals surface area contributed by atoms with E-state index in [-0.39, 0.29) is 36.4 Å². The molecule has 0 spiro atoms. The number of nitrogens with one attached hydrogen (secondary N) is 2. The number of carbonyl (C=O) groups is 4. The van der Waals surface area contributed by atoms with Gasteiger partial charge in [-0.15, -0.1) is 0 Å². The maximum atomic E-state index is 12.5. The Bertz CT molecular complexity index is 935. The van der Waals surface area contributed by atoms with Crippen LogP contribution in [0.25, 0.3) is 11.1 Å². The molecule has 0 aromatic heterocycles. The van der Waals surface area contributed by atoms with E-state index in [1.807, 2.05) is 6.92 Å². The van der Waals surface area contributed by atoms with Gasteiger partial charge in [-0.2, -0.15) is 5.48 Å². The van der Waals surface area contributed by atoms with E-state index in [9.17, 15) is 19.2 Å². The third-order valence-electron chi connectivity index (χ3n) is 4.68. The van der Waals surface area contributed by atoms with Gasteiger partial charge in [0, 0.05) is 6.54 Å². The Hall–Kier alpha value is -3.82. The van der Waals surface area contributed by atoms with Crippen LogP contribution < -0.4 is 16.5 Å². The Kier molecular flexibility index (Phi) is 9.46. The molecule has 0 fully saturated rings. The van der Waals surface area contributed by atoms with Crippen LogP contribution in [0.3, 0.4) is 0 Å². The molecule has 10 heteroatoms. The predicted octanol–water partition coefficient (Wildman–Crippen LogP) is 2.83. The molecule has 0 heterocycles. The highest BCUT2D eigenvalue weighted by Gasteiger charge is 2.30. The average molecular weight is 459 g/mol. The lowest BCUT2D eigenvalue weighted by Crippen LogP contribution is -2.34. The molecule has 0 aromatic carbocycles. The van der Waals surface area contributed by atoms with Gasteiger partial charge in [-0.1, -0.05) is 37.6 Å². The van der Waals surface area contributed by atoms with Crippen LogP contribution in [0.2, 0.25) is 0 Å². The molecule has 0 saturated heterocycles. The van der Waals surface area contributed by atoms with Gasteiger partial charge in [0.15, 0.2) is 0 Å². The number of unbranched alkanes of at least 4 members (excludes halogenated alkanes) is 1. The Balaban J connectivity index is 2.27. The molecule has 0 unspecified atom stereocenters. The quantitative estimate of drug-likeness (QED) is 0.225. The number of amides is 2. The molecular formula is C23H29N3O7. The first kappa shape index (κ1) is 25.4. The van der Waals surface area contributed by atoms with E-state index in [1.54, 1.807) is 38.1 Å². The van der Waals surface area contributed by atoms with E-state index in [1.165, 1.54) is 0 Å². The van der Waals surface area contributed by atoms with E-state index in [4.69, 9.17) is 20.0 Å². The van der Waals surface area contributed by atoms with Gasteiger partial charge in [0.2, 0.25) is 0 Å². The first-order chi connectivity index (χ1) is 15.8. The van der Waals surface area contributed by atoms with Crippen molar-refractivity contribution in [3.63, 3.8) is 0 Å². The van der Waals surface area contributed by atoms with Crippen LogP contribution >= 0.6 is 0 Å². The summed E-state index contributed by atoms with van der Waals surface area (Å²) in [6.45, 7) is 6.02. The van der Waals surface area contributed by atoms with Gasteiger partial charge < -0.3 is 25.4 Å². The molecule has 0 bridgehead atoms. The summed E-state index contributed by atoms with van der Waals surface area (Å²) in [5.74, 6) is -1.88. The van der Waals surface area contributed by atoms with Gasteiger partial charge in [-0.05, 0) is 37.0 Å². The Labute approximate surface area is 192 Å². The van der Waals surface area contributed by atoms with Crippen molar-refractivity contribution < 1.29 is 33.5 Å². The summed E-state index contributed by atoms with van der Waals surface area (Å²) < 4.78 is 10.2. The summed E-state index contributed by atoms with van der Waals surface area (Å²) in [4.78, 5) is 53.4. The zero-order valence-electron chi connectivity index (χ0n) is 19.0. The van der Waals surface area contributed by atoms with Crippen LogP contribution in [-0.2, 0) is 25.5 Å². The van der Waals surface area contributed by atoms with Gasteiger partial charge in [0.05, 0.1) is 36.4 Å². The van der Waals surface area contributed by atoms with E-state index in [2.05, 4.69) is 10.8 Å². The lowest BCUT2D eigenvalue weighted by atomic mass is 10.1. The van der Waals surface area contributed by atoms with Gasteiger partial charge >= 0.3 is 18.0 Å². The third kappa shape index (κ3) is 6.58. The van der Waals surface area contributed by atoms with Crippen molar-refractivity contribution >= 4 is 29.6 Å². The first-order valence-electron chi connectivity index (χ1n) is 10.8. The zero-order valence-corrected chi connectivity index (χ0v) is 19.0. The molecule has 2 amide bonds. The zero-order chi connectivity index (χ0) is 24.4. The van der Waals surface area contributed by atoms with E-state index in [0.717, 1.165) is 12.8 Å². The second-order valence-electron chi connectivity index (χ2n) is 7.05. The van der Waals surface area contributed by atoms with E-state index in [0.29, 0.717) is 23.2 Å². The molecule has 0 aromatic rings. The molecule has 0 radical (unpaired) electrons. The lowest BCUT2D eigenvalue weighted by molar-refractivity contribution is -0.128. The molecule has 2 rings (SSSR count). The standard InChI is InChI=1S/C23H29N3O7/c1-4-7-12-25-23(30)33-26-17(27)13-14-8-10-15-16(11-9-14)19(22(29)32-6-3)20(24)18(15)21(28)31-5-2/h8-11H,4-7,12-13,24H2,1-3H3,(H,25,30)(H,26,27). The maximum Gasteiger partial charge on any atom is 0.431 e. The average Bonchev–Trinajstić information content (AvgIpc) is 2.91. The topological polar surface area (TPSA) is 146 Å². The molecule has 10 nitrogen and oxygen atoms in total. The van der Waals surface area contributed by atoms with Crippen molar-refractivity contribution in [1.82, 2.24) is 10.8 Å². The lowest BCUT2D eigenvalue weighted by Gasteiger charge is -2.06. The summed E-state index contributed by atoms with van der Waals surface area (Å²) in [6, 6.07) is 6.39.